The van der Waals surface area contributed by atoms with E-state index in [1.165, 1.54) is 24.5 Å². The van der Waals surface area contributed by atoms with Crippen LogP contribution in [-0.4, -0.2) is 26.9 Å². The molecule has 0 saturated heterocycles. The molecule has 0 saturated carbocycles. The highest BCUT2D eigenvalue weighted by atomic mass is 19.1. The van der Waals surface area contributed by atoms with E-state index < -0.39 is 0 Å². The number of carbonyl (C=O) groups is 1. The Morgan fingerprint density at radius 1 is 1.37 bits per heavy atom. The standard InChI is InChI=1S/C21H19FN4O/c1-2-18(27)26-16-8-4-6-14(10-16)20-19-17(11-23-21(19)25-12-24-20)13-5-3-7-15(22)9-13/h2-3,5-7,9,11-12,16H,1,4,8,10H2,(H,26,27)(H,23,24,25). The summed E-state index contributed by atoms with van der Waals surface area (Å²) in [5, 5.41) is 3.83. The van der Waals surface area contributed by atoms with Gasteiger partial charge < -0.3 is 10.3 Å². The monoisotopic (exact) mass is 362 g/mol. The van der Waals surface area contributed by atoms with Crippen molar-refractivity contribution in [2.24, 2.45) is 0 Å². The molecule has 136 valence electrons. The molecule has 2 N–H and O–H groups in total. The van der Waals surface area contributed by atoms with Crippen molar-refractivity contribution in [2.75, 3.05) is 0 Å². The molecule has 1 amide bonds. The second kappa shape index (κ2) is 7.15. The minimum Gasteiger partial charge on any atom is -0.349 e. The van der Waals surface area contributed by atoms with E-state index in [9.17, 15) is 9.18 Å². The number of aromatic nitrogens is 3. The number of nitrogens with one attached hydrogen (secondary N) is 2. The summed E-state index contributed by atoms with van der Waals surface area (Å²) in [4.78, 5) is 23.6. The van der Waals surface area contributed by atoms with Crippen LogP contribution in [0.15, 0.2) is 55.5 Å². The summed E-state index contributed by atoms with van der Waals surface area (Å²) in [5.74, 6) is -0.458. The second-order valence-corrected chi connectivity index (χ2v) is 6.58. The Morgan fingerprint density at radius 2 is 2.26 bits per heavy atom. The van der Waals surface area contributed by atoms with Crippen LogP contribution in [0.5, 0.6) is 0 Å². The summed E-state index contributed by atoms with van der Waals surface area (Å²) in [7, 11) is 0. The van der Waals surface area contributed by atoms with E-state index in [0.29, 0.717) is 12.1 Å². The minimum absolute atomic E-state index is 0.0390. The zero-order valence-electron chi connectivity index (χ0n) is 14.7. The molecule has 0 bridgehead atoms. The van der Waals surface area contributed by atoms with E-state index in [2.05, 4.69) is 32.9 Å². The summed E-state index contributed by atoms with van der Waals surface area (Å²) in [5.41, 5.74) is 4.21. The number of fused-ring (bicyclic) bond motifs is 1. The van der Waals surface area contributed by atoms with Gasteiger partial charge in [-0.3, -0.25) is 4.79 Å². The molecule has 4 rings (SSSR count). The lowest BCUT2D eigenvalue weighted by molar-refractivity contribution is -0.117. The molecule has 0 aliphatic heterocycles. The first-order valence-electron chi connectivity index (χ1n) is 8.86. The third-order valence-electron chi connectivity index (χ3n) is 4.81. The smallest absolute Gasteiger partial charge is 0.243 e. The largest absolute Gasteiger partial charge is 0.349 e. The van der Waals surface area contributed by atoms with Crippen LogP contribution in [0.4, 0.5) is 4.39 Å². The number of aromatic amines is 1. The van der Waals surface area contributed by atoms with Gasteiger partial charge in [0.1, 0.15) is 17.8 Å². The zero-order chi connectivity index (χ0) is 18.8. The first-order valence-corrected chi connectivity index (χ1v) is 8.86. The highest BCUT2D eigenvalue weighted by Gasteiger charge is 2.22. The van der Waals surface area contributed by atoms with Gasteiger partial charge in [0.15, 0.2) is 0 Å². The third-order valence-corrected chi connectivity index (χ3v) is 4.81. The van der Waals surface area contributed by atoms with Gasteiger partial charge >= 0.3 is 0 Å². The molecule has 1 aliphatic carbocycles. The predicted molar refractivity (Wildman–Crippen MR) is 103 cm³/mol. The number of amides is 1. The van der Waals surface area contributed by atoms with Crippen LogP contribution in [0.1, 0.15) is 25.0 Å². The van der Waals surface area contributed by atoms with Gasteiger partial charge in [-0.05, 0) is 48.6 Å². The van der Waals surface area contributed by atoms with Gasteiger partial charge in [-0.25, -0.2) is 14.4 Å². The maximum absolute atomic E-state index is 13.7. The topological polar surface area (TPSA) is 70.7 Å². The van der Waals surface area contributed by atoms with Crippen LogP contribution >= 0.6 is 0 Å². The number of allylic oxidation sites excluding steroid dienone is 1. The Morgan fingerprint density at radius 3 is 3.07 bits per heavy atom. The Labute approximate surface area is 156 Å². The molecule has 0 fully saturated rings. The number of nitrogens with zero attached hydrogens (tertiary/aromatic N) is 2. The molecular formula is C21H19FN4O. The van der Waals surface area contributed by atoms with Crippen LogP contribution in [0.3, 0.4) is 0 Å². The fourth-order valence-corrected chi connectivity index (χ4v) is 3.58. The van der Waals surface area contributed by atoms with Crippen molar-refractivity contribution >= 4 is 22.5 Å². The van der Waals surface area contributed by atoms with Crippen molar-refractivity contribution in [1.82, 2.24) is 20.3 Å². The molecule has 2 aromatic heterocycles. The van der Waals surface area contributed by atoms with E-state index in [1.54, 1.807) is 6.07 Å². The summed E-state index contributed by atoms with van der Waals surface area (Å²) in [6.07, 6.45) is 9.20. The Balaban J connectivity index is 1.76. The van der Waals surface area contributed by atoms with Crippen molar-refractivity contribution in [3.63, 3.8) is 0 Å². The molecule has 1 atom stereocenters. The third kappa shape index (κ3) is 3.38. The fourth-order valence-electron chi connectivity index (χ4n) is 3.58. The summed E-state index contributed by atoms with van der Waals surface area (Å²) in [6, 6.07) is 6.52. The van der Waals surface area contributed by atoms with Gasteiger partial charge in [-0.2, -0.15) is 0 Å². The Hall–Kier alpha value is -3.28. The molecule has 5 nitrogen and oxygen atoms in total. The maximum atomic E-state index is 13.7. The van der Waals surface area contributed by atoms with Crippen molar-refractivity contribution in [2.45, 2.75) is 25.3 Å². The highest BCUT2D eigenvalue weighted by molar-refractivity contribution is 6.00. The Kier molecular flexibility index (Phi) is 4.54. The average Bonchev–Trinajstić information content (AvgIpc) is 3.12. The maximum Gasteiger partial charge on any atom is 0.243 e. The highest BCUT2D eigenvalue weighted by Crippen LogP contribution is 2.35. The fraction of sp³-hybridized carbons (Fsp3) is 0.190. The lowest BCUT2D eigenvalue weighted by Crippen LogP contribution is -2.34. The van der Waals surface area contributed by atoms with Crippen LogP contribution in [0.25, 0.3) is 27.7 Å². The van der Waals surface area contributed by atoms with Gasteiger partial charge in [0, 0.05) is 17.8 Å². The van der Waals surface area contributed by atoms with Crippen molar-refractivity contribution in [3.8, 4) is 11.1 Å². The molecule has 1 aromatic carbocycles. The molecule has 1 aliphatic rings. The normalized spacial score (nSPS) is 16.8. The van der Waals surface area contributed by atoms with E-state index in [0.717, 1.165) is 40.6 Å². The summed E-state index contributed by atoms with van der Waals surface area (Å²) in [6.45, 7) is 3.51. The van der Waals surface area contributed by atoms with Gasteiger partial charge in [-0.15, -0.1) is 0 Å². The summed E-state index contributed by atoms with van der Waals surface area (Å²) < 4.78 is 13.7. The number of rotatable bonds is 4. The molecule has 3 aromatic rings. The molecule has 1 unspecified atom stereocenters. The lowest BCUT2D eigenvalue weighted by Gasteiger charge is -2.23. The first-order chi connectivity index (χ1) is 13.2. The first kappa shape index (κ1) is 17.1. The van der Waals surface area contributed by atoms with Crippen LogP contribution in [-0.2, 0) is 4.79 Å². The van der Waals surface area contributed by atoms with E-state index in [4.69, 9.17) is 0 Å². The Bertz CT molecular complexity index is 1050. The molecule has 0 radical (unpaired) electrons. The number of H-pyrrole nitrogens is 1. The lowest BCUT2D eigenvalue weighted by atomic mass is 9.90. The van der Waals surface area contributed by atoms with Crippen molar-refractivity contribution < 1.29 is 9.18 Å². The average molecular weight is 362 g/mol. The minimum atomic E-state index is -0.288. The predicted octanol–water partition coefficient (Wildman–Crippen LogP) is 4.00. The van der Waals surface area contributed by atoms with Gasteiger partial charge in [0.2, 0.25) is 5.91 Å². The van der Waals surface area contributed by atoms with Crippen molar-refractivity contribution in [1.29, 1.82) is 0 Å². The number of hydrogen-bond acceptors (Lipinski definition) is 3. The van der Waals surface area contributed by atoms with Crippen LogP contribution in [0, 0.1) is 5.82 Å². The second-order valence-electron chi connectivity index (χ2n) is 6.58. The SMILES string of the molecule is C=CC(=O)NC1CCC=C(c2ncnc3[nH]cc(-c4cccc(F)c4)c23)C1. The molecule has 27 heavy (non-hydrogen) atoms. The summed E-state index contributed by atoms with van der Waals surface area (Å²) >= 11 is 0. The number of carbonyl (C=O) groups excluding carboxylic acids is 1. The molecule has 0 spiro atoms. The number of benzene rings is 1. The van der Waals surface area contributed by atoms with Crippen molar-refractivity contribution in [3.05, 3.63) is 67.0 Å². The molecule has 6 heteroatoms. The van der Waals surface area contributed by atoms with Gasteiger partial charge in [0.25, 0.3) is 0 Å². The number of hydrogen-bond donors (Lipinski definition) is 2. The molecular weight excluding hydrogens is 343 g/mol. The van der Waals surface area contributed by atoms with E-state index in [-0.39, 0.29) is 17.8 Å². The van der Waals surface area contributed by atoms with E-state index >= 15 is 0 Å². The number of halogens is 1. The van der Waals surface area contributed by atoms with Gasteiger partial charge in [-0.1, -0.05) is 24.8 Å². The van der Waals surface area contributed by atoms with Crippen LogP contribution < -0.4 is 5.32 Å². The zero-order valence-corrected chi connectivity index (χ0v) is 14.7. The van der Waals surface area contributed by atoms with Gasteiger partial charge in [0.05, 0.1) is 11.1 Å². The van der Waals surface area contributed by atoms with E-state index in [1.807, 2.05) is 12.3 Å². The quantitative estimate of drug-likeness (QED) is 0.689. The molecule has 2 heterocycles. The van der Waals surface area contributed by atoms with Crippen LogP contribution in [0.2, 0.25) is 0 Å².